The first-order chi connectivity index (χ1) is 4.83. The Kier molecular flexibility index (Phi) is 17.8. The lowest BCUT2D eigenvalue weighted by Gasteiger charge is -1.57. The van der Waals surface area contributed by atoms with Crippen molar-refractivity contribution in [1.29, 1.82) is 0 Å². The van der Waals surface area contributed by atoms with E-state index in [1.165, 1.54) is 0 Å². The minimum absolute atomic E-state index is 0.552. The topological polar surface area (TPSA) is 76.2 Å². The van der Waals surface area contributed by atoms with E-state index in [9.17, 15) is 0 Å². The van der Waals surface area contributed by atoms with Crippen LogP contribution < -0.4 is 0 Å². The van der Waals surface area contributed by atoms with E-state index < -0.39 is 0 Å². The molecule has 0 aromatic carbocycles. The van der Waals surface area contributed by atoms with Crippen LogP contribution in [0.1, 0.15) is 20.3 Å². The quantitative estimate of drug-likeness (QED) is 0.240. The lowest BCUT2D eigenvalue weighted by Crippen LogP contribution is -1.52. The fraction of sp³-hybridized carbons (Fsp3) is 0.800. The van der Waals surface area contributed by atoms with E-state index in [4.69, 9.17) is 10.7 Å². The molecule has 0 atom stereocenters. The Balaban J connectivity index is 0. The van der Waals surface area contributed by atoms with Crippen molar-refractivity contribution >= 4 is 0 Å². The van der Waals surface area contributed by atoms with Gasteiger partial charge in [0.25, 0.3) is 6.07 Å². The summed E-state index contributed by atoms with van der Waals surface area (Å²) < 4.78 is 0. The largest absolute Gasteiger partial charge is 0.498 e. The molecular formula is C5H10N4O. The van der Waals surface area contributed by atoms with Gasteiger partial charge in [-0.1, -0.05) is 12.0 Å². The highest BCUT2D eigenvalue weighted by atomic mass is 16.4. The van der Waals surface area contributed by atoms with E-state index in [0.717, 1.165) is 0 Å². The van der Waals surface area contributed by atoms with Gasteiger partial charge >= 0.3 is 0 Å². The van der Waals surface area contributed by atoms with Crippen molar-refractivity contribution in [3.8, 4) is 6.07 Å². The maximum Gasteiger partial charge on any atom is 0.298 e. The Morgan fingerprint density at radius 1 is 1.60 bits per heavy atom. The molecule has 0 heterocycles. The van der Waals surface area contributed by atoms with Crippen LogP contribution in [0.4, 0.5) is 0 Å². The highest BCUT2D eigenvalue weighted by molar-refractivity contribution is 4.84. The standard InChI is InChI=1S/C3H5NO.C2H5N3/c1-2-3-4-5;1-2-4-5-3/h2*2H2,1H3. The third-order valence-electron chi connectivity index (χ3n) is 0.427. The van der Waals surface area contributed by atoms with Gasteiger partial charge in [-0.3, -0.25) is 0 Å². The summed E-state index contributed by atoms with van der Waals surface area (Å²) in [4.78, 5) is 2.48. The summed E-state index contributed by atoms with van der Waals surface area (Å²) in [5.41, 5.74) is 7.52. The Labute approximate surface area is 59.7 Å². The average Bonchev–Trinajstić information content (AvgIpc) is 1.93. The molecule has 0 rings (SSSR count). The molecule has 56 valence electrons. The van der Waals surface area contributed by atoms with Crippen LogP contribution in [0.15, 0.2) is 5.11 Å². The second-order valence-corrected chi connectivity index (χ2v) is 1.15. The van der Waals surface area contributed by atoms with Gasteiger partial charge in [0.1, 0.15) is 0 Å². The van der Waals surface area contributed by atoms with E-state index >= 15 is 0 Å². The zero-order chi connectivity index (χ0) is 8.24. The van der Waals surface area contributed by atoms with Gasteiger partial charge in [0, 0.05) is 16.5 Å². The highest BCUT2D eigenvalue weighted by Crippen LogP contribution is 1.65. The first-order valence-electron chi connectivity index (χ1n) is 2.89. The predicted octanol–water partition coefficient (Wildman–Crippen LogP) is 2.54. The van der Waals surface area contributed by atoms with Crippen molar-refractivity contribution in [3.63, 3.8) is 0 Å². The Morgan fingerprint density at radius 2 is 2.20 bits per heavy atom. The number of rotatable bonds is 1. The molecule has 0 amide bonds. The van der Waals surface area contributed by atoms with Gasteiger partial charge in [-0.25, -0.2) is 0 Å². The van der Waals surface area contributed by atoms with Crippen molar-refractivity contribution in [3.05, 3.63) is 20.7 Å². The first kappa shape index (κ1) is 11.4. The normalized spacial score (nSPS) is 5.40. The second kappa shape index (κ2) is 15.6. The van der Waals surface area contributed by atoms with Crippen molar-refractivity contribution in [2.75, 3.05) is 6.54 Å². The van der Waals surface area contributed by atoms with Crippen LogP contribution in [0.3, 0.4) is 0 Å². The van der Waals surface area contributed by atoms with Crippen molar-refractivity contribution < 1.29 is 0 Å². The monoisotopic (exact) mass is 142 g/mol. The van der Waals surface area contributed by atoms with Crippen LogP contribution in [0.5, 0.6) is 0 Å². The van der Waals surface area contributed by atoms with Crippen LogP contribution in [-0.4, -0.2) is 6.54 Å². The van der Waals surface area contributed by atoms with Gasteiger partial charge in [-0.15, -0.1) is 0 Å². The molecule has 0 aromatic heterocycles. The predicted molar refractivity (Wildman–Crippen MR) is 40.6 cm³/mol. The third kappa shape index (κ3) is 30.6. The minimum atomic E-state index is 0.552. The van der Waals surface area contributed by atoms with Gasteiger partial charge < -0.3 is 5.21 Å². The molecule has 0 aliphatic rings. The van der Waals surface area contributed by atoms with E-state index in [1.54, 1.807) is 13.8 Å². The maximum atomic E-state index is 9.04. The molecule has 0 unspecified atom stereocenters. The van der Waals surface area contributed by atoms with Gasteiger partial charge in [-0.05, 0) is 12.5 Å². The van der Waals surface area contributed by atoms with Gasteiger partial charge in [0.15, 0.2) is 0 Å². The Morgan fingerprint density at radius 3 is 2.20 bits per heavy atom. The summed E-state index contributed by atoms with van der Waals surface area (Å²) in [7, 11) is 0. The van der Waals surface area contributed by atoms with Crippen LogP contribution in [0.25, 0.3) is 15.5 Å². The molecule has 0 fully saturated rings. The van der Waals surface area contributed by atoms with Gasteiger partial charge in [-0.2, -0.15) is 0 Å². The molecule has 5 heteroatoms. The van der Waals surface area contributed by atoms with Gasteiger partial charge in [0.05, 0.1) is 6.42 Å². The first-order valence-corrected chi connectivity index (χ1v) is 2.89. The fourth-order valence-electron chi connectivity index (χ4n) is 0.128. The van der Waals surface area contributed by atoms with Crippen molar-refractivity contribution in [1.82, 2.24) is 0 Å². The third-order valence-corrected chi connectivity index (χ3v) is 0.427. The highest BCUT2D eigenvalue weighted by Gasteiger charge is 1.63. The van der Waals surface area contributed by atoms with E-state index in [-0.39, 0.29) is 0 Å². The molecule has 10 heavy (non-hydrogen) atoms. The Hall–Kier alpha value is -1.40. The molecule has 0 saturated carbocycles. The molecule has 0 aliphatic heterocycles. The fourth-order valence-corrected chi connectivity index (χ4v) is 0.128. The van der Waals surface area contributed by atoms with Crippen LogP contribution in [0, 0.1) is 11.3 Å². The number of nitrogens with zero attached hydrogens (tertiary/aromatic N) is 4. The molecular weight excluding hydrogens is 132 g/mol. The lowest BCUT2D eigenvalue weighted by atomic mass is 10.6. The van der Waals surface area contributed by atoms with E-state index in [1.807, 2.05) is 0 Å². The Bertz CT molecular complexity index is 151. The van der Waals surface area contributed by atoms with Crippen LogP contribution in [0.2, 0.25) is 0 Å². The maximum absolute atomic E-state index is 9.04. The summed E-state index contributed by atoms with van der Waals surface area (Å²) in [5, 5.41) is 14.6. The zero-order valence-electron chi connectivity index (χ0n) is 6.11. The second-order valence-electron chi connectivity index (χ2n) is 1.15. The molecule has 0 bridgehead atoms. The van der Waals surface area contributed by atoms with E-state index in [0.29, 0.717) is 13.0 Å². The molecule has 0 aliphatic carbocycles. The van der Waals surface area contributed by atoms with Crippen LogP contribution in [-0.2, 0) is 0 Å². The SMILES string of the molecule is CCC#[N+][O-].CCN=[N+]=[N-]. The van der Waals surface area contributed by atoms with E-state index in [2.05, 4.69) is 21.1 Å². The van der Waals surface area contributed by atoms with Gasteiger partial charge in [0.2, 0.25) is 0 Å². The molecule has 0 radical (unpaired) electrons. The van der Waals surface area contributed by atoms with Crippen LogP contribution >= 0.6 is 0 Å². The molecule has 0 aromatic rings. The summed E-state index contributed by atoms with van der Waals surface area (Å²) in [6, 6.07) is 2.18. The lowest BCUT2D eigenvalue weighted by molar-refractivity contribution is 1.11. The molecule has 0 N–H and O–H groups in total. The number of hydrogen-bond acceptors (Lipinski definition) is 2. The molecule has 5 nitrogen and oxygen atoms in total. The average molecular weight is 142 g/mol. The minimum Gasteiger partial charge on any atom is -0.498 e. The summed E-state index contributed by atoms with van der Waals surface area (Å²) >= 11 is 0. The summed E-state index contributed by atoms with van der Waals surface area (Å²) in [5.74, 6) is 0. The smallest absolute Gasteiger partial charge is 0.298 e. The molecule has 0 spiro atoms. The number of azide groups is 1. The zero-order valence-corrected chi connectivity index (χ0v) is 6.11. The number of hydrogen-bond donors (Lipinski definition) is 0. The summed E-state index contributed by atoms with van der Waals surface area (Å²) in [6.07, 6.45) is 0.615. The van der Waals surface area contributed by atoms with Crippen molar-refractivity contribution in [2.45, 2.75) is 20.3 Å². The molecule has 0 saturated heterocycles. The summed E-state index contributed by atoms with van der Waals surface area (Å²) in [6.45, 7) is 4.15. The van der Waals surface area contributed by atoms with Crippen molar-refractivity contribution in [2.24, 2.45) is 5.11 Å².